The summed E-state index contributed by atoms with van der Waals surface area (Å²) in [5.41, 5.74) is 0. The lowest BCUT2D eigenvalue weighted by atomic mass is 9.84. The number of ether oxygens (including phenoxy) is 1. The van der Waals surface area contributed by atoms with Crippen molar-refractivity contribution in [3.05, 3.63) is 0 Å². The normalized spacial score (nSPS) is 28.3. The van der Waals surface area contributed by atoms with Gasteiger partial charge in [-0.15, -0.1) is 0 Å². The fourth-order valence-corrected chi connectivity index (χ4v) is 2.37. The summed E-state index contributed by atoms with van der Waals surface area (Å²) < 4.78 is 5.12. The van der Waals surface area contributed by atoms with Crippen LogP contribution in [0.25, 0.3) is 0 Å². The molecule has 2 heteroatoms. The Morgan fingerprint density at radius 3 is 2.36 bits per heavy atom. The molecule has 1 N–H and O–H groups in total. The van der Waals surface area contributed by atoms with E-state index in [1.807, 2.05) is 0 Å². The lowest BCUT2D eigenvalue weighted by Gasteiger charge is -2.30. The minimum Gasteiger partial charge on any atom is -0.385 e. The molecule has 0 aromatic carbocycles. The summed E-state index contributed by atoms with van der Waals surface area (Å²) in [7, 11) is 1.80. The molecule has 1 aliphatic carbocycles. The molecule has 84 valence electrons. The number of hydrogen-bond acceptors (Lipinski definition) is 2. The number of methoxy groups -OCH3 is 1. The van der Waals surface area contributed by atoms with Gasteiger partial charge in [0, 0.05) is 25.8 Å². The first-order valence-corrected chi connectivity index (χ1v) is 5.97. The SMILES string of the molecule is COCCC1CCC(NC(C)C)CC1. The van der Waals surface area contributed by atoms with Gasteiger partial charge in [-0.2, -0.15) is 0 Å². The van der Waals surface area contributed by atoms with Gasteiger partial charge in [-0.3, -0.25) is 0 Å². The summed E-state index contributed by atoms with van der Waals surface area (Å²) in [4.78, 5) is 0. The highest BCUT2D eigenvalue weighted by Crippen LogP contribution is 2.26. The summed E-state index contributed by atoms with van der Waals surface area (Å²) in [5, 5.41) is 3.63. The molecule has 1 rings (SSSR count). The van der Waals surface area contributed by atoms with E-state index in [1.54, 1.807) is 7.11 Å². The van der Waals surface area contributed by atoms with E-state index < -0.39 is 0 Å². The molecule has 1 aliphatic rings. The quantitative estimate of drug-likeness (QED) is 0.735. The number of hydrogen-bond donors (Lipinski definition) is 1. The third kappa shape index (κ3) is 4.43. The van der Waals surface area contributed by atoms with Crippen molar-refractivity contribution < 1.29 is 4.74 Å². The molecule has 0 aromatic rings. The van der Waals surface area contributed by atoms with Crippen LogP contribution in [0.15, 0.2) is 0 Å². The third-order valence-electron chi connectivity index (χ3n) is 3.15. The van der Waals surface area contributed by atoms with Crippen LogP contribution in [-0.2, 0) is 4.74 Å². The maximum absolute atomic E-state index is 5.12. The zero-order valence-electron chi connectivity index (χ0n) is 9.88. The highest BCUT2D eigenvalue weighted by atomic mass is 16.5. The maximum Gasteiger partial charge on any atom is 0.0464 e. The molecule has 0 bridgehead atoms. The lowest BCUT2D eigenvalue weighted by molar-refractivity contribution is 0.159. The molecule has 1 fully saturated rings. The first kappa shape index (κ1) is 12.0. The first-order chi connectivity index (χ1) is 6.72. The molecular formula is C12H25NO. The van der Waals surface area contributed by atoms with Gasteiger partial charge in [0.15, 0.2) is 0 Å². The van der Waals surface area contributed by atoms with Crippen LogP contribution in [0.2, 0.25) is 0 Å². The molecule has 1 saturated carbocycles. The Bertz CT molecular complexity index is 139. The molecule has 0 amide bonds. The summed E-state index contributed by atoms with van der Waals surface area (Å²) in [6.45, 7) is 5.40. The largest absolute Gasteiger partial charge is 0.385 e. The van der Waals surface area contributed by atoms with Crippen LogP contribution >= 0.6 is 0 Å². The number of nitrogens with one attached hydrogen (secondary N) is 1. The Hall–Kier alpha value is -0.0800. The van der Waals surface area contributed by atoms with E-state index in [9.17, 15) is 0 Å². The molecule has 2 nitrogen and oxygen atoms in total. The smallest absolute Gasteiger partial charge is 0.0464 e. The van der Waals surface area contributed by atoms with E-state index in [4.69, 9.17) is 4.74 Å². The fourth-order valence-electron chi connectivity index (χ4n) is 2.37. The molecule has 0 unspecified atom stereocenters. The second-order valence-electron chi connectivity index (χ2n) is 4.82. The van der Waals surface area contributed by atoms with Crippen LogP contribution in [-0.4, -0.2) is 25.8 Å². The van der Waals surface area contributed by atoms with Crippen molar-refractivity contribution in [3.8, 4) is 0 Å². The van der Waals surface area contributed by atoms with Crippen LogP contribution in [0.1, 0.15) is 46.0 Å². The summed E-state index contributed by atoms with van der Waals surface area (Å²) in [6.07, 6.45) is 6.73. The zero-order valence-corrected chi connectivity index (χ0v) is 9.88. The van der Waals surface area contributed by atoms with Crippen LogP contribution < -0.4 is 5.32 Å². The van der Waals surface area contributed by atoms with Gasteiger partial charge in [-0.05, 0) is 38.0 Å². The van der Waals surface area contributed by atoms with Gasteiger partial charge in [-0.25, -0.2) is 0 Å². The fraction of sp³-hybridized carbons (Fsp3) is 1.00. The van der Waals surface area contributed by atoms with Crippen LogP contribution in [0, 0.1) is 5.92 Å². The highest BCUT2D eigenvalue weighted by molar-refractivity contribution is 4.78. The Morgan fingerprint density at radius 1 is 1.21 bits per heavy atom. The Balaban J connectivity index is 2.11. The van der Waals surface area contributed by atoms with Crippen LogP contribution in [0.4, 0.5) is 0 Å². The molecule has 14 heavy (non-hydrogen) atoms. The van der Waals surface area contributed by atoms with Crippen molar-refractivity contribution in [2.45, 2.75) is 58.0 Å². The molecular weight excluding hydrogens is 174 g/mol. The number of rotatable bonds is 5. The molecule has 0 aliphatic heterocycles. The van der Waals surface area contributed by atoms with Crippen molar-refractivity contribution in [1.29, 1.82) is 0 Å². The van der Waals surface area contributed by atoms with E-state index in [0.717, 1.165) is 18.6 Å². The second kappa shape index (κ2) is 6.41. The summed E-state index contributed by atoms with van der Waals surface area (Å²) in [5.74, 6) is 0.917. The average molecular weight is 199 g/mol. The van der Waals surface area contributed by atoms with Gasteiger partial charge in [0.25, 0.3) is 0 Å². The highest BCUT2D eigenvalue weighted by Gasteiger charge is 2.20. The van der Waals surface area contributed by atoms with Crippen molar-refractivity contribution in [2.24, 2.45) is 5.92 Å². The van der Waals surface area contributed by atoms with Crippen molar-refractivity contribution in [1.82, 2.24) is 5.32 Å². The minimum atomic E-state index is 0.635. The Labute approximate surface area is 88.4 Å². The molecule has 0 atom stereocenters. The van der Waals surface area contributed by atoms with E-state index in [2.05, 4.69) is 19.2 Å². The van der Waals surface area contributed by atoms with Crippen molar-refractivity contribution >= 4 is 0 Å². The van der Waals surface area contributed by atoms with E-state index in [-0.39, 0.29) is 0 Å². The Kier molecular flexibility index (Phi) is 5.49. The molecule has 0 aromatic heterocycles. The van der Waals surface area contributed by atoms with Crippen LogP contribution in [0.3, 0.4) is 0 Å². The maximum atomic E-state index is 5.12. The van der Waals surface area contributed by atoms with Crippen molar-refractivity contribution in [3.63, 3.8) is 0 Å². The molecule has 0 saturated heterocycles. The van der Waals surface area contributed by atoms with E-state index in [1.165, 1.54) is 32.1 Å². The molecule has 0 heterocycles. The summed E-state index contributed by atoms with van der Waals surface area (Å²) in [6, 6.07) is 1.41. The topological polar surface area (TPSA) is 21.3 Å². The first-order valence-electron chi connectivity index (χ1n) is 5.97. The predicted molar refractivity (Wildman–Crippen MR) is 60.5 cm³/mol. The van der Waals surface area contributed by atoms with Gasteiger partial charge in [0.05, 0.1) is 0 Å². The van der Waals surface area contributed by atoms with Gasteiger partial charge in [0.2, 0.25) is 0 Å². The monoisotopic (exact) mass is 199 g/mol. The predicted octanol–water partition coefficient (Wildman–Crippen LogP) is 2.58. The van der Waals surface area contributed by atoms with Gasteiger partial charge >= 0.3 is 0 Å². The zero-order chi connectivity index (χ0) is 10.4. The average Bonchev–Trinajstić information content (AvgIpc) is 2.16. The van der Waals surface area contributed by atoms with Crippen LogP contribution in [0.5, 0.6) is 0 Å². The van der Waals surface area contributed by atoms with Gasteiger partial charge in [-0.1, -0.05) is 13.8 Å². The lowest BCUT2D eigenvalue weighted by Crippen LogP contribution is -2.37. The molecule has 0 spiro atoms. The summed E-state index contributed by atoms with van der Waals surface area (Å²) >= 11 is 0. The Morgan fingerprint density at radius 2 is 1.86 bits per heavy atom. The van der Waals surface area contributed by atoms with E-state index in [0.29, 0.717) is 6.04 Å². The van der Waals surface area contributed by atoms with Crippen molar-refractivity contribution in [2.75, 3.05) is 13.7 Å². The molecule has 0 radical (unpaired) electrons. The van der Waals surface area contributed by atoms with E-state index >= 15 is 0 Å². The second-order valence-corrected chi connectivity index (χ2v) is 4.82. The van der Waals surface area contributed by atoms with Gasteiger partial charge in [0.1, 0.15) is 0 Å². The minimum absolute atomic E-state index is 0.635. The standard InChI is InChI=1S/C12H25NO/c1-10(2)13-12-6-4-11(5-7-12)8-9-14-3/h10-13H,4-9H2,1-3H3. The van der Waals surface area contributed by atoms with Gasteiger partial charge < -0.3 is 10.1 Å². The third-order valence-corrected chi connectivity index (χ3v) is 3.15.